The molecule has 1 N–H and O–H groups in total. The van der Waals surface area contributed by atoms with E-state index in [4.69, 9.17) is 4.74 Å². The molecule has 126 valence electrons. The predicted molar refractivity (Wildman–Crippen MR) is 95.9 cm³/mol. The molecule has 2 aromatic rings. The lowest BCUT2D eigenvalue weighted by atomic mass is 10.1. The third-order valence-corrected chi connectivity index (χ3v) is 4.46. The Balaban J connectivity index is 1.84. The van der Waals surface area contributed by atoms with Crippen molar-refractivity contribution in [2.24, 2.45) is 0 Å². The Morgan fingerprint density at radius 1 is 1.04 bits per heavy atom. The summed E-state index contributed by atoms with van der Waals surface area (Å²) in [6.07, 6.45) is 0.771. The number of carbonyl (C=O) groups excluding carboxylic acids is 2. The van der Waals surface area contributed by atoms with Crippen molar-refractivity contribution in [3.8, 4) is 0 Å². The van der Waals surface area contributed by atoms with E-state index in [-0.39, 0.29) is 5.91 Å². The van der Waals surface area contributed by atoms with E-state index >= 15 is 0 Å². The quantitative estimate of drug-likeness (QED) is 0.591. The maximum atomic E-state index is 12.1. The van der Waals surface area contributed by atoms with Gasteiger partial charge in [0, 0.05) is 23.5 Å². The van der Waals surface area contributed by atoms with Crippen LogP contribution in [0.1, 0.15) is 12.0 Å². The molecular weight excluding hydrogens is 322 g/mol. The van der Waals surface area contributed by atoms with Crippen molar-refractivity contribution in [2.75, 3.05) is 12.9 Å². The minimum Gasteiger partial charge on any atom is -0.467 e. The standard InChI is InChI=1S/C19H21NO3S/c1-23-19(22)17(14-15-8-4-2-5-9-15)20-18(21)12-13-24-16-10-6-3-7-11-16/h2-11,17H,12-14H2,1H3,(H,20,21)/t17-/m0/s1. The van der Waals surface area contributed by atoms with E-state index < -0.39 is 12.0 Å². The average Bonchev–Trinajstić information content (AvgIpc) is 2.62. The van der Waals surface area contributed by atoms with E-state index in [0.29, 0.717) is 18.6 Å². The van der Waals surface area contributed by atoms with Gasteiger partial charge in [-0.25, -0.2) is 4.79 Å². The van der Waals surface area contributed by atoms with Gasteiger partial charge in [-0.3, -0.25) is 4.79 Å². The van der Waals surface area contributed by atoms with E-state index in [2.05, 4.69) is 5.32 Å². The number of thioether (sulfide) groups is 1. The SMILES string of the molecule is COC(=O)[C@H](Cc1ccccc1)NC(=O)CCSc1ccccc1. The van der Waals surface area contributed by atoms with Crippen molar-refractivity contribution >= 4 is 23.6 Å². The van der Waals surface area contributed by atoms with Crippen LogP contribution >= 0.6 is 11.8 Å². The molecule has 24 heavy (non-hydrogen) atoms. The summed E-state index contributed by atoms with van der Waals surface area (Å²) in [5, 5.41) is 2.78. The highest BCUT2D eigenvalue weighted by Crippen LogP contribution is 2.17. The highest BCUT2D eigenvalue weighted by atomic mass is 32.2. The zero-order valence-corrected chi connectivity index (χ0v) is 14.4. The molecule has 0 bridgehead atoms. The highest BCUT2D eigenvalue weighted by Gasteiger charge is 2.21. The molecule has 0 fully saturated rings. The molecule has 0 aliphatic rings. The number of esters is 1. The van der Waals surface area contributed by atoms with Crippen LogP contribution in [-0.4, -0.2) is 30.8 Å². The van der Waals surface area contributed by atoms with Crippen molar-refractivity contribution in [1.29, 1.82) is 0 Å². The fourth-order valence-corrected chi connectivity index (χ4v) is 3.10. The minimum atomic E-state index is -0.661. The topological polar surface area (TPSA) is 55.4 Å². The number of hydrogen-bond acceptors (Lipinski definition) is 4. The largest absolute Gasteiger partial charge is 0.467 e. The van der Waals surface area contributed by atoms with E-state index in [1.165, 1.54) is 7.11 Å². The number of carbonyl (C=O) groups is 2. The third kappa shape index (κ3) is 6.08. The predicted octanol–water partition coefficient (Wildman–Crippen LogP) is 3.07. The Bertz CT molecular complexity index is 646. The lowest BCUT2D eigenvalue weighted by molar-refractivity contribution is -0.145. The summed E-state index contributed by atoms with van der Waals surface area (Å²) in [6, 6.07) is 18.8. The van der Waals surface area contributed by atoms with Crippen LogP contribution in [-0.2, 0) is 20.7 Å². The highest BCUT2D eigenvalue weighted by molar-refractivity contribution is 7.99. The monoisotopic (exact) mass is 343 g/mol. The molecule has 4 nitrogen and oxygen atoms in total. The van der Waals surface area contributed by atoms with Crippen molar-refractivity contribution in [3.63, 3.8) is 0 Å². The van der Waals surface area contributed by atoms with Gasteiger partial charge in [0.2, 0.25) is 5.91 Å². The molecule has 0 saturated heterocycles. The number of rotatable bonds is 8. The van der Waals surface area contributed by atoms with Crippen molar-refractivity contribution in [1.82, 2.24) is 5.32 Å². The molecule has 2 rings (SSSR count). The molecule has 0 unspecified atom stereocenters. The maximum Gasteiger partial charge on any atom is 0.328 e. The second-order valence-corrected chi connectivity index (χ2v) is 6.41. The average molecular weight is 343 g/mol. The second-order valence-electron chi connectivity index (χ2n) is 5.24. The van der Waals surface area contributed by atoms with Crippen molar-refractivity contribution in [2.45, 2.75) is 23.8 Å². The minimum absolute atomic E-state index is 0.148. The molecule has 1 atom stereocenters. The van der Waals surface area contributed by atoms with E-state index in [0.717, 1.165) is 10.5 Å². The lowest BCUT2D eigenvalue weighted by Crippen LogP contribution is -2.43. The number of nitrogens with one attached hydrogen (secondary N) is 1. The molecule has 0 aromatic heterocycles. The zero-order chi connectivity index (χ0) is 17.2. The summed E-state index contributed by atoms with van der Waals surface area (Å²) in [5.41, 5.74) is 0.979. The van der Waals surface area contributed by atoms with Gasteiger partial charge in [0.15, 0.2) is 0 Å². The van der Waals surface area contributed by atoms with Gasteiger partial charge in [-0.05, 0) is 17.7 Å². The maximum absolute atomic E-state index is 12.1. The van der Waals surface area contributed by atoms with Gasteiger partial charge in [-0.2, -0.15) is 0 Å². The first-order chi connectivity index (χ1) is 11.7. The van der Waals surface area contributed by atoms with Gasteiger partial charge in [0.05, 0.1) is 7.11 Å². The van der Waals surface area contributed by atoms with Gasteiger partial charge in [-0.15, -0.1) is 11.8 Å². The van der Waals surface area contributed by atoms with Crippen molar-refractivity contribution < 1.29 is 14.3 Å². The fourth-order valence-electron chi connectivity index (χ4n) is 2.23. The first kappa shape index (κ1) is 18.1. The van der Waals surface area contributed by atoms with Crippen LogP contribution in [0.4, 0.5) is 0 Å². The Hall–Kier alpha value is -2.27. The summed E-state index contributed by atoms with van der Waals surface area (Å²) in [7, 11) is 1.33. The Kier molecular flexibility index (Phi) is 7.36. The van der Waals surface area contributed by atoms with Gasteiger partial charge < -0.3 is 10.1 Å². The van der Waals surface area contributed by atoms with Gasteiger partial charge in [0.1, 0.15) is 6.04 Å². The van der Waals surface area contributed by atoms with E-state index in [1.54, 1.807) is 11.8 Å². The smallest absolute Gasteiger partial charge is 0.328 e. The van der Waals surface area contributed by atoms with Gasteiger partial charge in [0.25, 0.3) is 0 Å². The van der Waals surface area contributed by atoms with Crippen LogP contribution in [0.3, 0.4) is 0 Å². The molecule has 0 aliphatic heterocycles. The normalized spacial score (nSPS) is 11.5. The molecule has 0 spiro atoms. The molecular formula is C19H21NO3S. The molecule has 2 aromatic carbocycles. The van der Waals surface area contributed by atoms with Crippen LogP contribution in [0.2, 0.25) is 0 Å². The molecule has 1 amide bonds. The number of amides is 1. The molecule has 0 aliphatic carbocycles. The number of benzene rings is 2. The third-order valence-electron chi connectivity index (χ3n) is 3.44. The van der Waals surface area contributed by atoms with E-state index in [1.807, 2.05) is 60.7 Å². The molecule has 0 heterocycles. The molecule has 5 heteroatoms. The van der Waals surface area contributed by atoms with Crippen LogP contribution in [0.25, 0.3) is 0 Å². The molecule has 0 saturated carbocycles. The summed E-state index contributed by atoms with van der Waals surface area (Å²) >= 11 is 1.62. The van der Waals surface area contributed by atoms with Crippen LogP contribution in [0.15, 0.2) is 65.6 Å². The van der Waals surface area contributed by atoms with E-state index in [9.17, 15) is 9.59 Å². The number of ether oxygens (including phenoxy) is 1. The lowest BCUT2D eigenvalue weighted by Gasteiger charge is -2.16. The second kappa shape index (κ2) is 9.78. The van der Waals surface area contributed by atoms with Gasteiger partial charge >= 0.3 is 5.97 Å². The first-order valence-corrected chi connectivity index (χ1v) is 8.76. The molecule has 0 radical (unpaired) electrons. The first-order valence-electron chi connectivity index (χ1n) is 7.78. The number of methoxy groups -OCH3 is 1. The summed E-state index contributed by atoms with van der Waals surface area (Å²) < 4.78 is 4.80. The summed E-state index contributed by atoms with van der Waals surface area (Å²) in [6.45, 7) is 0. The van der Waals surface area contributed by atoms with Gasteiger partial charge in [-0.1, -0.05) is 48.5 Å². The Morgan fingerprint density at radius 3 is 2.29 bits per heavy atom. The summed E-state index contributed by atoms with van der Waals surface area (Å²) in [4.78, 5) is 25.2. The van der Waals surface area contributed by atoms with Crippen LogP contribution in [0, 0.1) is 0 Å². The Morgan fingerprint density at radius 2 is 1.67 bits per heavy atom. The number of hydrogen-bond donors (Lipinski definition) is 1. The Labute approximate surface area is 146 Å². The van der Waals surface area contributed by atoms with Crippen LogP contribution in [0.5, 0.6) is 0 Å². The van der Waals surface area contributed by atoms with Crippen LogP contribution < -0.4 is 5.32 Å². The van der Waals surface area contributed by atoms with Crippen molar-refractivity contribution in [3.05, 3.63) is 66.2 Å². The zero-order valence-electron chi connectivity index (χ0n) is 13.6. The fraction of sp³-hybridized carbons (Fsp3) is 0.263. The summed E-state index contributed by atoms with van der Waals surface area (Å²) in [5.74, 6) is 0.0856.